The Morgan fingerprint density at radius 1 is 1.19 bits per heavy atom. The molecule has 0 aromatic carbocycles. The topological polar surface area (TPSA) is 131 Å². The molecule has 0 radical (unpaired) electrons. The number of pyridine rings is 2. The van der Waals surface area contributed by atoms with Crippen molar-refractivity contribution in [2.75, 3.05) is 19.0 Å². The smallest absolute Gasteiger partial charge is 0.410 e. The van der Waals surface area contributed by atoms with Gasteiger partial charge in [0.2, 0.25) is 11.8 Å². The molecule has 0 spiro atoms. The Bertz CT molecular complexity index is 1000. The van der Waals surface area contributed by atoms with Gasteiger partial charge in [0, 0.05) is 18.8 Å². The Balaban J connectivity index is 1.87. The third-order valence-corrected chi connectivity index (χ3v) is 4.89. The highest BCUT2D eigenvalue weighted by molar-refractivity contribution is 6.02. The molecular formula is C21H26N4O6. The number of carboxylic acid groups (broad SMARTS) is 1. The summed E-state index contributed by atoms with van der Waals surface area (Å²) in [6, 6.07) is 4.12. The number of piperidine rings is 1. The quantitative estimate of drug-likeness (QED) is 0.757. The van der Waals surface area contributed by atoms with Crippen LogP contribution in [0.25, 0.3) is 11.0 Å². The third kappa shape index (κ3) is 5.19. The largest absolute Gasteiger partial charge is 0.481 e. The van der Waals surface area contributed by atoms with Crippen molar-refractivity contribution in [3.05, 3.63) is 24.4 Å². The van der Waals surface area contributed by atoms with E-state index >= 15 is 0 Å². The van der Waals surface area contributed by atoms with E-state index in [1.807, 2.05) is 0 Å². The fourth-order valence-corrected chi connectivity index (χ4v) is 3.41. The number of aliphatic carboxylic acids is 1. The minimum atomic E-state index is -1.01. The van der Waals surface area contributed by atoms with Gasteiger partial charge >= 0.3 is 12.1 Å². The average Bonchev–Trinajstić information content (AvgIpc) is 2.71. The molecule has 2 aromatic rings. The molecule has 0 saturated carbocycles. The number of nitrogens with zero attached hydrogens (tertiary/aromatic N) is 3. The molecule has 0 bridgehead atoms. The molecule has 2 atom stereocenters. The fraction of sp³-hybridized carbons (Fsp3) is 0.476. The molecule has 3 rings (SSSR count). The van der Waals surface area contributed by atoms with Crippen LogP contribution in [-0.2, 0) is 14.3 Å². The number of carboxylic acids is 1. The molecule has 2 aromatic heterocycles. The van der Waals surface area contributed by atoms with Gasteiger partial charge in [0.1, 0.15) is 17.2 Å². The summed E-state index contributed by atoms with van der Waals surface area (Å²) in [5, 5.41) is 12.2. The van der Waals surface area contributed by atoms with Gasteiger partial charge in [-0.15, -0.1) is 0 Å². The summed E-state index contributed by atoms with van der Waals surface area (Å²) in [6.45, 7) is 5.02. The van der Waals surface area contributed by atoms with Gasteiger partial charge in [0.15, 0.2) is 0 Å². The lowest BCUT2D eigenvalue weighted by molar-refractivity contribution is -0.145. The van der Waals surface area contributed by atoms with Crippen LogP contribution in [0.4, 0.5) is 10.5 Å². The van der Waals surface area contributed by atoms with Gasteiger partial charge in [0.25, 0.3) is 0 Å². The SMILES string of the molecule is COc1ccc2nccc(NC(=O)[C@H]3CC[C@H](C(=O)O)CN3C(=O)OC(C)(C)C)c2n1. The van der Waals surface area contributed by atoms with Gasteiger partial charge in [-0.1, -0.05) is 0 Å². The zero-order chi connectivity index (χ0) is 22.8. The van der Waals surface area contributed by atoms with Crippen LogP contribution in [-0.4, -0.2) is 63.2 Å². The van der Waals surface area contributed by atoms with Crippen LogP contribution < -0.4 is 10.1 Å². The summed E-state index contributed by atoms with van der Waals surface area (Å²) in [6.07, 6.45) is 1.29. The summed E-state index contributed by atoms with van der Waals surface area (Å²) in [5.41, 5.74) is 0.643. The van der Waals surface area contributed by atoms with Crippen molar-refractivity contribution in [3.8, 4) is 5.88 Å². The minimum absolute atomic E-state index is 0.106. The van der Waals surface area contributed by atoms with E-state index in [1.165, 1.54) is 12.0 Å². The second-order valence-corrected chi connectivity index (χ2v) is 8.33. The molecular weight excluding hydrogens is 404 g/mol. The molecule has 3 heterocycles. The zero-order valence-corrected chi connectivity index (χ0v) is 17.9. The van der Waals surface area contributed by atoms with Crippen LogP contribution in [0.5, 0.6) is 5.88 Å². The first-order chi connectivity index (χ1) is 14.6. The van der Waals surface area contributed by atoms with Crippen molar-refractivity contribution in [1.82, 2.24) is 14.9 Å². The number of hydrogen-bond acceptors (Lipinski definition) is 7. The molecule has 0 unspecified atom stereocenters. The highest BCUT2D eigenvalue weighted by Gasteiger charge is 2.40. The van der Waals surface area contributed by atoms with Crippen molar-refractivity contribution in [2.45, 2.75) is 45.3 Å². The van der Waals surface area contributed by atoms with E-state index in [0.717, 1.165) is 0 Å². The number of hydrogen-bond donors (Lipinski definition) is 2. The van der Waals surface area contributed by atoms with Crippen molar-refractivity contribution >= 4 is 34.7 Å². The first-order valence-electron chi connectivity index (χ1n) is 9.92. The Morgan fingerprint density at radius 2 is 1.94 bits per heavy atom. The molecule has 1 fully saturated rings. The molecule has 2 N–H and O–H groups in total. The van der Waals surface area contributed by atoms with Crippen molar-refractivity contribution in [3.63, 3.8) is 0 Å². The number of anilines is 1. The van der Waals surface area contributed by atoms with E-state index in [0.29, 0.717) is 22.6 Å². The maximum atomic E-state index is 13.1. The molecule has 166 valence electrons. The number of carbonyl (C=O) groups is 3. The summed E-state index contributed by atoms with van der Waals surface area (Å²) in [7, 11) is 1.49. The monoisotopic (exact) mass is 430 g/mol. The van der Waals surface area contributed by atoms with E-state index in [2.05, 4.69) is 15.3 Å². The number of carbonyl (C=O) groups excluding carboxylic acids is 2. The number of likely N-dealkylation sites (tertiary alicyclic amines) is 1. The number of ether oxygens (including phenoxy) is 2. The van der Waals surface area contributed by atoms with Crippen LogP contribution in [0, 0.1) is 5.92 Å². The van der Waals surface area contributed by atoms with Crippen LogP contribution in [0.3, 0.4) is 0 Å². The van der Waals surface area contributed by atoms with Crippen LogP contribution in [0.2, 0.25) is 0 Å². The molecule has 1 saturated heterocycles. The maximum Gasteiger partial charge on any atom is 0.410 e. The Hall–Kier alpha value is -3.43. The second-order valence-electron chi connectivity index (χ2n) is 8.33. The first kappa shape index (κ1) is 22.3. The molecule has 10 heteroatoms. The van der Waals surface area contributed by atoms with E-state index in [1.54, 1.807) is 45.2 Å². The normalized spacial score (nSPS) is 19.0. The number of fused-ring (bicyclic) bond motifs is 1. The Labute approximate surface area is 179 Å². The van der Waals surface area contributed by atoms with Gasteiger partial charge < -0.3 is 19.9 Å². The van der Waals surface area contributed by atoms with Crippen molar-refractivity contribution in [2.24, 2.45) is 5.92 Å². The highest BCUT2D eigenvalue weighted by atomic mass is 16.6. The molecule has 1 aliphatic rings. The van der Waals surface area contributed by atoms with Crippen molar-refractivity contribution in [1.29, 1.82) is 0 Å². The summed E-state index contributed by atoms with van der Waals surface area (Å²) < 4.78 is 10.6. The summed E-state index contributed by atoms with van der Waals surface area (Å²) in [5.74, 6) is -1.85. The van der Waals surface area contributed by atoms with Crippen LogP contribution >= 0.6 is 0 Å². The van der Waals surface area contributed by atoms with E-state index in [-0.39, 0.29) is 19.4 Å². The lowest BCUT2D eigenvalue weighted by Gasteiger charge is -2.38. The number of amides is 2. The van der Waals surface area contributed by atoms with E-state index in [9.17, 15) is 19.5 Å². The van der Waals surface area contributed by atoms with Crippen LogP contribution in [0.15, 0.2) is 24.4 Å². The summed E-state index contributed by atoms with van der Waals surface area (Å²) in [4.78, 5) is 47.1. The third-order valence-electron chi connectivity index (χ3n) is 4.89. The number of nitrogens with one attached hydrogen (secondary N) is 1. The molecule has 10 nitrogen and oxygen atoms in total. The van der Waals surface area contributed by atoms with Gasteiger partial charge in [-0.25, -0.2) is 9.78 Å². The van der Waals surface area contributed by atoms with Crippen molar-refractivity contribution < 1.29 is 29.0 Å². The maximum absolute atomic E-state index is 13.1. The predicted octanol–water partition coefficient (Wildman–Crippen LogP) is 2.68. The number of rotatable bonds is 4. The Morgan fingerprint density at radius 3 is 2.58 bits per heavy atom. The number of methoxy groups -OCH3 is 1. The predicted molar refractivity (Wildman–Crippen MR) is 112 cm³/mol. The molecule has 1 aliphatic heterocycles. The molecule has 0 aliphatic carbocycles. The minimum Gasteiger partial charge on any atom is -0.481 e. The second kappa shape index (κ2) is 8.75. The van der Waals surface area contributed by atoms with Gasteiger partial charge in [0.05, 0.1) is 24.2 Å². The van der Waals surface area contributed by atoms with E-state index in [4.69, 9.17) is 9.47 Å². The average molecular weight is 430 g/mol. The molecule has 31 heavy (non-hydrogen) atoms. The van der Waals surface area contributed by atoms with E-state index < -0.39 is 35.5 Å². The van der Waals surface area contributed by atoms with Gasteiger partial charge in [-0.05, 0) is 45.7 Å². The zero-order valence-electron chi connectivity index (χ0n) is 17.9. The lowest BCUT2D eigenvalue weighted by atomic mass is 9.92. The van der Waals surface area contributed by atoms with Gasteiger partial charge in [-0.2, -0.15) is 0 Å². The van der Waals surface area contributed by atoms with Gasteiger partial charge in [-0.3, -0.25) is 19.5 Å². The standard InChI is InChI=1S/C21H26N4O6/c1-21(2,3)31-20(29)25-11-12(19(27)28)5-7-15(25)18(26)23-14-9-10-22-13-6-8-16(30-4)24-17(13)14/h6,8-10,12,15H,5,7,11H2,1-4H3,(H,27,28)(H,22,23,26)/t12-,15+/m0/s1. The lowest BCUT2D eigenvalue weighted by Crippen LogP contribution is -2.54. The summed E-state index contributed by atoms with van der Waals surface area (Å²) >= 11 is 0. The van der Waals surface area contributed by atoms with Crippen LogP contribution in [0.1, 0.15) is 33.6 Å². The molecule has 2 amide bonds. The highest BCUT2D eigenvalue weighted by Crippen LogP contribution is 2.27. The fourth-order valence-electron chi connectivity index (χ4n) is 3.41. The Kier molecular flexibility index (Phi) is 6.28. The first-order valence-corrected chi connectivity index (χ1v) is 9.92. The number of aromatic nitrogens is 2.